The van der Waals surface area contributed by atoms with E-state index in [2.05, 4.69) is 210 Å². The lowest BCUT2D eigenvalue weighted by molar-refractivity contribution is 0.670. The standard InChI is InChI=1S/C55H35N3O/c1-2-13-39(14-3-1)58-51-23-10-7-17-45(51)49-35-38(29-34-52(49)58)36-25-30-40(31-26-36)57(55-48-19-5-4-15-43(48)44-16-6-9-22-50(44)56-55)41-32-27-37(28-33-41)42-20-12-21-47-46-18-8-11-24-53(46)59-54(42)47/h1-35H. The van der Waals surface area contributed by atoms with E-state index in [1.807, 2.05) is 12.1 Å². The van der Waals surface area contributed by atoms with Crippen LogP contribution in [0.15, 0.2) is 217 Å². The number of para-hydroxylation sites is 5. The van der Waals surface area contributed by atoms with E-state index in [0.29, 0.717) is 0 Å². The predicted octanol–water partition coefficient (Wildman–Crippen LogP) is 15.2. The number of furan rings is 1. The molecule has 0 saturated heterocycles. The van der Waals surface area contributed by atoms with Gasteiger partial charge in [-0.2, -0.15) is 0 Å². The maximum absolute atomic E-state index is 6.44. The number of hydrogen-bond acceptors (Lipinski definition) is 3. The number of rotatable bonds is 6. The molecule has 0 bridgehead atoms. The van der Waals surface area contributed by atoms with Crippen molar-refractivity contribution >= 4 is 82.6 Å². The number of pyridine rings is 1. The largest absolute Gasteiger partial charge is 0.455 e. The first kappa shape index (κ1) is 33.2. The maximum Gasteiger partial charge on any atom is 0.146 e. The minimum atomic E-state index is 0.884. The summed E-state index contributed by atoms with van der Waals surface area (Å²) in [6.45, 7) is 0. The topological polar surface area (TPSA) is 34.2 Å². The Morgan fingerprint density at radius 3 is 1.78 bits per heavy atom. The summed E-state index contributed by atoms with van der Waals surface area (Å²) in [5, 5.41) is 8.13. The van der Waals surface area contributed by atoms with E-state index in [1.54, 1.807) is 0 Å². The number of anilines is 3. The molecule has 3 aromatic heterocycles. The summed E-state index contributed by atoms with van der Waals surface area (Å²) in [4.78, 5) is 7.67. The van der Waals surface area contributed by atoms with Crippen molar-refractivity contribution in [3.05, 3.63) is 212 Å². The molecule has 3 heterocycles. The van der Waals surface area contributed by atoms with Crippen molar-refractivity contribution in [1.29, 1.82) is 0 Å². The van der Waals surface area contributed by atoms with Gasteiger partial charge in [0.15, 0.2) is 0 Å². The first-order valence-corrected chi connectivity index (χ1v) is 20.0. The van der Waals surface area contributed by atoms with Crippen molar-refractivity contribution in [2.24, 2.45) is 0 Å². The van der Waals surface area contributed by atoms with E-state index >= 15 is 0 Å². The summed E-state index contributed by atoms with van der Waals surface area (Å²) in [7, 11) is 0. The molecule has 0 saturated carbocycles. The lowest BCUT2D eigenvalue weighted by Crippen LogP contribution is -2.12. The molecule has 0 amide bonds. The molecule has 0 fully saturated rings. The second-order valence-electron chi connectivity index (χ2n) is 15.1. The molecule has 12 rings (SSSR count). The van der Waals surface area contributed by atoms with Crippen molar-refractivity contribution < 1.29 is 4.42 Å². The summed E-state index contributed by atoms with van der Waals surface area (Å²) in [6.07, 6.45) is 0. The van der Waals surface area contributed by atoms with Gasteiger partial charge >= 0.3 is 0 Å². The summed E-state index contributed by atoms with van der Waals surface area (Å²) in [5.74, 6) is 0.884. The van der Waals surface area contributed by atoms with E-state index in [0.717, 1.165) is 77.8 Å². The molecule has 0 radical (unpaired) electrons. The third-order valence-electron chi connectivity index (χ3n) is 11.8. The van der Waals surface area contributed by atoms with Crippen LogP contribution in [0.3, 0.4) is 0 Å². The van der Waals surface area contributed by atoms with Gasteiger partial charge < -0.3 is 8.98 Å². The summed E-state index contributed by atoms with van der Waals surface area (Å²) < 4.78 is 8.80. The molecule has 59 heavy (non-hydrogen) atoms. The van der Waals surface area contributed by atoms with Gasteiger partial charge in [0.25, 0.3) is 0 Å². The van der Waals surface area contributed by atoms with Gasteiger partial charge in [0.1, 0.15) is 17.0 Å². The van der Waals surface area contributed by atoms with Crippen molar-refractivity contribution in [2.45, 2.75) is 0 Å². The van der Waals surface area contributed by atoms with E-state index in [9.17, 15) is 0 Å². The zero-order valence-electron chi connectivity index (χ0n) is 32.0. The molecule has 0 spiro atoms. The molecular weight excluding hydrogens is 719 g/mol. The van der Waals surface area contributed by atoms with Crippen LogP contribution >= 0.6 is 0 Å². The highest BCUT2D eigenvalue weighted by atomic mass is 16.3. The van der Waals surface area contributed by atoms with Gasteiger partial charge in [-0.15, -0.1) is 0 Å². The Morgan fingerprint density at radius 1 is 0.390 bits per heavy atom. The van der Waals surface area contributed by atoms with Gasteiger partial charge in [0.2, 0.25) is 0 Å². The third-order valence-corrected chi connectivity index (χ3v) is 11.8. The Bertz CT molecular complexity index is 3550. The molecule has 0 aliphatic rings. The highest BCUT2D eigenvalue weighted by molar-refractivity contribution is 6.13. The summed E-state index contributed by atoms with van der Waals surface area (Å²) >= 11 is 0. The normalized spacial score (nSPS) is 11.7. The minimum Gasteiger partial charge on any atom is -0.455 e. The first-order valence-electron chi connectivity index (χ1n) is 20.0. The van der Waals surface area contributed by atoms with Crippen LogP contribution in [0, 0.1) is 0 Å². The lowest BCUT2D eigenvalue weighted by atomic mass is 10.0. The molecule has 4 nitrogen and oxygen atoms in total. The van der Waals surface area contributed by atoms with Crippen molar-refractivity contribution in [3.8, 4) is 27.9 Å². The second kappa shape index (κ2) is 13.3. The second-order valence-corrected chi connectivity index (χ2v) is 15.1. The molecule has 0 unspecified atom stereocenters. The van der Waals surface area contributed by atoms with Crippen LogP contribution in [0.1, 0.15) is 0 Å². The number of fused-ring (bicyclic) bond motifs is 9. The maximum atomic E-state index is 6.44. The molecule has 4 heteroatoms. The Hall–Kier alpha value is -7.95. The highest BCUT2D eigenvalue weighted by Gasteiger charge is 2.20. The Labute approximate surface area is 340 Å². The fourth-order valence-corrected chi connectivity index (χ4v) is 9.03. The van der Waals surface area contributed by atoms with Gasteiger partial charge in [-0.25, -0.2) is 4.98 Å². The Morgan fingerprint density at radius 2 is 0.983 bits per heavy atom. The number of hydrogen-bond donors (Lipinski definition) is 0. The number of aromatic nitrogens is 2. The van der Waals surface area contributed by atoms with Crippen LogP contribution in [-0.4, -0.2) is 9.55 Å². The summed E-state index contributed by atoms with van der Waals surface area (Å²) in [5.41, 5.74) is 12.8. The van der Waals surface area contributed by atoms with Crippen LogP contribution in [0.25, 0.3) is 93.4 Å². The quantitative estimate of drug-likeness (QED) is 0.159. The molecule has 12 aromatic rings. The number of nitrogens with zero attached hydrogens (tertiary/aromatic N) is 3. The van der Waals surface area contributed by atoms with Crippen molar-refractivity contribution in [3.63, 3.8) is 0 Å². The molecule has 0 aliphatic carbocycles. The van der Waals surface area contributed by atoms with Crippen molar-refractivity contribution in [1.82, 2.24) is 9.55 Å². The fraction of sp³-hybridized carbons (Fsp3) is 0. The average molecular weight is 754 g/mol. The molecule has 276 valence electrons. The van der Waals surface area contributed by atoms with Gasteiger partial charge in [-0.3, -0.25) is 4.90 Å². The molecular formula is C55H35N3O. The highest BCUT2D eigenvalue weighted by Crippen LogP contribution is 2.43. The minimum absolute atomic E-state index is 0.884. The van der Waals surface area contributed by atoms with E-state index < -0.39 is 0 Å². The van der Waals surface area contributed by atoms with Crippen LogP contribution < -0.4 is 4.90 Å². The molecule has 0 N–H and O–H groups in total. The summed E-state index contributed by atoms with van der Waals surface area (Å²) in [6, 6.07) is 75.5. The monoisotopic (exact) mass is 753 g/mol. The molecule has 9 aromatic carbocycles. The Balaban J connectivity index is 0.993. The number of benzene rings is 9. The van der Waals surface area contributed by atoms with Crippen LogP contribution in [0.2, 0.25) is 0 Å². The molecule has 0 atom stereocenters. The molecule has 0 aliphatic heterocycles. The Kier molecular flexibility index (Phi) is 7.50. The predicted molar refractivity (Wildman–Crippen MR) is 246 cm³/mol. The first-order chi connectivity index (χ1) is 29.3. The third kappa shape index (κ3) is 5.34. The van der Waals surface area contributed by atoms with Gasteiger partial charge in [0, 0.05) is 54.9 Å². The smallest absolute Gasteiger partial charge is 0.146 e. The van der Waals surface area contributed by atoms with E-state index in [1.165, 1.54) is 32.8 Å². The van der Waals surface area contributed by atoms with Gasteiger partial charge in [-0.1, -0.05) is 146 Å². The zero-order chi connectivity index (χ0) is 38.9. The van der Waals surface area contributed by atoms with Gasteiger partial charge in [-0.05, 0) is 88.8 Å². The zero-order valence-corrected chi connectivity index (χ0v) is 32.0. The van der Waals surface area contributed by atoms with Crippen molar-refractivity contribution in [2.75, 3.05) is 4.90 Å². The SMILES string of the molecule is c1ccc(-n2c3ccccc3c3cc(-c4ccc(N(c5ccc(-c6cccc7c6oc6ccccc67)cc5)c5nc6ccccc6c6ccccc56)cc4)ccc32)cc1. The van der Waals surface area contributed by atoms with Crippen LogP contribution in [0.5, 0.6) is 0 Å². The lowest BCUT2D eigenvalue weighted by Gasteiger charge is -2.26. The van der Waals surface area contributed by atoms with Crippen LogP contribution in [0.4, 0.5) is 17.2 Å². The van der Waals surface area contributed by atoms with Crippen LogP contribution in [-0.2, 0) is 0 Å². The van der Waals surface area contributed by atoms with Gasteiger partial charge in [0.05, 0.1) is 16.6 Å². The van der Waals surface area contributed by atoms with E-state index in [-0.39, 0.29) is 0 Å². The van der Waals surface area contributed by atoms with E-state index in [4.69, 9.17) is 9.40 Å². The fourth-order valence-electron chi connectivity index (χ4n) is 9.03. The average Bonchev–Trinajstić information content (AvgIpc) is 3.86.